The fourth-order valence-electron chi connectivity index (χ4n) is 1.46. The number of para-hydroxylation sites is 1. The Hall–Kier alpha value is -0.730. The van der Waals surface area contributed by atoms with Crippen LogP contribution in [-0.4, -0.2) is 26.8 Å². The first kappa shape index (κ1) is 12.3. The highest BCUT2D eigenvalue weighted by molar-refractivity contribution is 6.17. The summed E-state index contributed by atoms with van der Waals surface area (Å²) >= 11 is 5.88. The van der Waals surface area contributed by atoms with Crippen LogP contribution in [0.25, 0.3) is 0 Å². The minimum absolute atomic E-state index is 0.551. The molecule has 15 heavy (non-hydrogen) atoms. The molecule has 0 spiro atoms. The van der Waals surface area contributed by atoms with E-state index in [-0.39, 0.29) is 0 Å². The number of alkyl halides is 1. The van der Waals surface area contributed by atoms with Crippen LogP contribution in [0.15, 0.2) is 24.3 Å². The second-order valence-electron chi connectivity index (χ2n) is 3.38. The van der Waals surface area contributed by atoms with Crippen molar-refractivity contribution in [1.29, 1.82) is 0 Å². The highest BCUT2D eigenvalue weighted by Gasteiger charge is 2.05. The van der Waals surface area contributed by atoms with E-state index in [9.17, 15) is 0 Å². The van der Waals surface area contributed by atoms with Crippen molar-refractivity contribution >= 4 is 17.3 Å². The zero-order valence-corrected chi connectivity index (χ0v) is 10.1. The Morgan fingerprint density at radius 2 is 2.07 bits per heavy atom. The first-order valence-corrected chi connectivity index (χ1v) is 5.75. The molecule has 0 aliphatic heterocycles. The summed E-state index contributed by atoms with van der Waals surface area (Å²) in [6.45, 7) is 4.42. The summed E-state index contributed by atoms with van der Waals surface area (Å²) in [5.74, 6) is 0.551. The minimum atomic E-state index is 0.551. The maximum Gasteiger partial charge on any atom is 0.0641 e. The fourth-order valence-corrected chi connectivity index (χ4v) is 1.69. The van der Waals surface area contributed by atoms with E-state index in [4.69, 9.17) is 16.3 Å². The molecule has 0 unspecified atom stereocenters. The normalized spacial score (nSPS) is 10.3. The van der Waals surface area contributed by atoms with Crippen molar-refractivity contribution in [2.24, 2.45) is 0 Å². The van der Waals surface area contributed by atoms with Crippen LogP contribution < -0.4 is 4.90 Å². The molecule has 1 aromatic carbocycles. The van der Waals surface area contributed by atoms with Crippen molar-refractivity contribution in [2.75, 3.05) is 31.7 Å². The molecule has 1 rings (SSSR count). The molecule has 0 bridgehead atoms. The van der Waals surface area contributed by atoms with Gasteiger partial charge in [0.2, 0.25) is 0 Å². The standard InChI is InChI=1S/C12H18ClNO/c1-3-15-9-8-14(2)12-7-5-4-6-11(12)10-13/h4-7H,3,8-10H2,1-2H3. The lowest BCUT2D eigenvalue weighted by molar-refractivity contribution is 0.154. The molecule has 0 aliphatic rings. The summed E-state index contributed by atoms with van der Waals surface area (Å²) in [7, 11) is 2.06. The van der Waals surface area contributed by atoms with Crippen molar-refractivity contribution < 1.29 is 4.74 Å². The first-order chi connectivity index (χ1) is 7.29. The molecule has 84 valence electrons. The van der Waals surface area contributed by atoms with Gasteiger partial charge in [-0.1, -0.05) is 18.2 Å². The van der Waals surface area contributed by atoms with E-state index in [0.29, 0.717) is 5.88 Å². The molecule has 0 fully saturated rings. The summed E-state index contributed by atoms with van der Waals surface area (Å²) in [4.78, 5) is 2.17. The van der Waals surface area contributed by atoms with Crippen LogP contribution in [0, 0.1) is 0 Å². The molecule has 0 radical (unpaired) electrons. The third kappa shape index (κ3) is 3.73. The lowest BCUT2D eigenvalue weighted by atomic mass is 10.2. The molecule has 2 nitrogen and oxygen atoms in total. The van der Waals surface area contributed by atoms with E-state index >= 15 is 0 Å². The van der Waals surface area contributed by atoms with Gasteiger partial charge in [0, 0.05) is 31.8 Å². The SMILES string of the molecule is CCOCCN(C)c1ccccc1CCl. The number of rotatable bonds is 6. The zero-order chi connectivity index (χ0) is 11.1. The number of ether oxygens (including phenoxy) is 1. The minimum Gasteiger partial charge on any atom is -0.380 e. The first-order valence-electron chi connectivity index (χ1n) is 5.22. The maximum absolute atomic E-state index is 5.88. The van der Waals surface area contributed by atoms with Gasteiger partial charge in [-0.2, -0.15) is 0 Å². The van der Waals surface area contributed by atoms with Crippen molar-refractivity contribution in [3.8, 4) is 0 Å². The number of hydrogen-bond donors (Lipinski definition) is 0. The van der Waals surface area contributed by atoms with Crippen LogP contribution in [0.3, 0.4) is 0 Å². The summed E-state index contributed by atoms with van der Waals surface area (Å²) in [6.07, 6.45) is 0. The molecule has 0 atom stereocenters. The molecule has 0 saturated carbocycles. The molecule has 0 heterocycles. The number of benzene rings is 1. The van der Waals surface area contributed by atoms with E-state index in [1.165, 1.54) is 5.69 Å². The number of nitrogens with zero attached hydrogens (tertiary/aromatic N) is 1. The van der Waals surface area contributed by atoms with Crippen LogP contribution in [0.2, 0.25) is 0 Å². The molecule has 0 amide bonds. The summed E-state index contributed by atoms with van der Waals surface area (Å²) < 4.78 is 5.32. The summed E-state index contributed by atoms with van der Waals surface area (Å²) in [5.41, 5.74) is 2.35. The molecular formula is C12H18ClNO. The second-order valence-corrected chi connectivity index (χ2v) is 3.65. The van der Waals surface area contributed by atoms with Crippen molar-refractivity contribution in [1.82, 2.24) is 0 Å². The number of anilines is 1. The number of hydrogen-bond acceptors (Lipinski definition) is 2. The smallest absolute Gasteiger partial charge is 0.0641 e. The van der Waals surface area contributed by atoms with Crippen LogP contribution in [-0.2, 0) is 10.6 Å². The molecule has 0 N–H and O–H groups in total. The van der Waals surface area contributed by atoms with Gasteiger partial charge in [0.05, 0.1) is 6.61 Å². The number of halogens is 1. The molecule has 3 heteroatoms. The highest BCUT2D eigenvalue weighted by Crippen LogP contribution is 2.20. The van der Waals surface area contributed by atoms with Crippen LogP contribution >= 0.6 is 11.6 Å². The average Bonchev–Trinajstić information content (AvgIpc) is 2.29. The average molecular weight is 228 g/mol. The molecule has 1 aromatic rings. The maximum atomic E-state index is 5.88. The molecule has 0 saturated heterocycles. The Kier molecular flexibility index (Phi) is 5.51. The Morgan fingerprint density at radius 1 is 1.33 bits per heavy atom. The van der Waals surface area contributed by atoms with Gasteiger partial charge in [0.1, 0.15) is 0 Å². The predicted molar refractivity (Wildman–Crippen MR) is 65.8 cm³/mol. The number of likely N-dealkylation sites (N-methyl/N-ethyl adjacent to an activating group) is 1. The van der Waals surface area contributed by atoms with Crippen LogP contribution in [0.5, 0.6) is 0 Å². The van der Waals surface area contributed by atoms with Gasteiger partial charge < -0.3 is 9.64 Å². The summed E-state index contributed by atoms with van der Waals surface area (Å²) in [5, 5.41) is 0. The Balaban J connectivity index is 2.59. The molecule has 0 aromatic heterocycles. The van der Waals surface area contributed by atoms with Gasteiger partial charge in [-0.05, 0) is 18.6 Å². The third-order valence-corrected chi connectivity index (χ3v) is 2.61. The van der Waals surface area contributed by atoms with Gasteiger partial charge in [0.15, 0.2) is 0 Å². The van der Waals surface area contributed by atoms with Crippen molar-refractivity contribution in [3.05, 3.63) is 29.8 Å². The zero-order valence-electron chi connectivity index (χ0n) is 9.37. The Morgan fingerprint density at radius 3 is 2.73 bits per heavy atom. The largest absolute Gasteiger partial charge is 0.380 e. The van der Waals surface area contributed by atoms with E-state index in [0.717, 1.165) is 25.3 Å². The van der Waals surface area contributed by atoms with Gasteiger partial charge in [-0.3, -0.25) is 0 Å². The Bertz CT molecular complexity index is 291. The van der Waals surface area contributed by atoms with Crippen molar-refractivity contribution in [2.45, 2.75) is 12.8 Å². The van der Waals surface area contributed by atoms with Crippen LogP contribution in [0.4, 0.5) is 5.69 Å². The second kappa shape index (κ2) is 6.70. The molecular weight excluding hydrogens is 210 g/mol. The highest BCUT2D eigenvalue weighted by atomic mass is 35.5. The molecule has 0 aliphatic carbocycles. The Labute approximate surface area is 96.8 Å². The van der Waals surface area contributed by atoms with Crippen LogP contribution in [0.1, 0.15) is 12.5 Å². The fraction of sp³-hybridized carbons (Fsp3) is 0.500. The monoisotopic (exact) mass is 227 g/mol. The third-order valence-electron chi connectivity index (χ3n) is 2.32. The van der Waals surface area contributed by atoms with Gasteiger partial charge in [-0.25, -0.2) is 0 Å². The van der Waals surface area contributed by atoms with Crippen molar-refractivity contribution in [3.63, 3.8) is 0 Å². The van der Waals surface area contributed by atoms with Gasteiger partial charge >= 0.3 is 0 Å². The van der Waals surface area contributed by atoms with E-state index < -0.39 is 0 Å². The van der Waals surface area contributed by atoms with E-state index in [2.05, 4.69) is 24.1 Å². The van der Waals surface area contributed by atoms with Gasteiger partial charge in [0.25, 0.3) is 0 Å². The van der Waals surface area contributed by atoms with Gasteiger partial charge in [-0.15, -0.1) is 11.6 Å². The van der Waals surface area contributed by atoms with E-state index in [1.807, 2.05) is 19.1 Å². The summed E-state index contributed by atoms with van der Waals surface area (Å²) in [6, 6.07) is 8.18. The lowest BCUT2D eigenvalue weighted by Crippen LogP contribution is -2.23. The lowest BCUT2D eigenvalue weighted by Gasteiger charge is -2.21. The predicted octanol–water partition coefficient (Wildman–Crippen LogP) is 2.90. The topological polar surface area (TPSA) is 12.5 Å². The van der Waals surface area contributed by atoms with E-state index in [1.54, 1.807) is 0 Å². The quantitative estimate of drug-likeness (QED) is 0.547.